The zero-order chi connectivity index (χ0) is 14.0. The Labute approximate surface area is 114 Å². The Bertz CT molecular complexity index is 417. The predicted molar refractivity (Wildman–Crippen MR) is 72.7 cm³/mol. The SMILES string of the molecule is CCC(=O)C1=C(N2CCOCC2)CC(C)(C)CC1=O. The van der Waals surface area contributed by atoms with Crippen LogP contribution in [0.1, 0.15) is 40.0 Å². The lowest BCUT2D eigenvalue weighted by Gasteiger charge is -2.39. The van der Waals surface area contributed by atoms with E-state index in [1.165, 1.54) is 0 Å². The Morgan fingerprint density at radius 1 is 1.26 bits per heavy atom. The van der Waals surface area contributed by atoms with Crippen molar-refractivity contribution >= 4 is 11.6 Å². The molecule has 2 rings (SSSR count). The highest BCUT2D eigenvalue weighted by atomic mass is 16.5. The van der Waals surface area contributed by atoms with Crippen molar-refractivity contribution in [1.82, 2.24) is 4.90 Å². The molecular formula is C15H23NO3. The van der Waals surface area contributed by atoms with Crippen LogP contribution in [-0.4, -0.2) is 42.8 Å². The van der Waals surface area contributed by atoms with Crippen LogP contribution in [0.3, 0.4) is 0 Å². The molecule has 4 heteroatoms. The Morgan fingerprint density at radius 2 is 1.89 bits per heavy atom. The van der Waals surface area contributed by atoms with Crippen molar-refractivity contribution in [3.8, 4) is 0 Å². The number of carbonyl (C=O) groups excluding carboxylic acids is 2. The van der Waals surface area contributed by atoms with Crippen LogP contribution in [0.5, 0.6) is 0 Å². The lowest BCUT2D eigenvalue weighted by atomic mass is 9.74. The van der Waals surface area contributed by atoms with Gasteiger partial charge in [-0.1, -0.05) is 20.8 Å². The van der Waals surface area contributed by atoms with Crippen LogP contribution in [0.25, 0.3) is 0 Å². The third-order valence-electron chi connectivity index (χ3n) is 3.85. The number of carbonyl (C=O) groups is 2. The van der Waals surface area contributed by atoms with Crippen LogP contribution in [0, 0.1) is 5.41 Å². The van der Waals surface area contributed by atoms with E-state index in [2.05, 4.69) is 18.7 Å². The maximum Gasteiger partial charge on any atom is 0.168 e. The van der Waals surface area contributed by atoms with Crippen LogP contribution in [0.4, 0.5) is 0 Å². The van der Waals surface area contributed by atoms with Gasteiger partial charge in [0.05, 0.1) is 18.8 Å². The highest BCUT2D eigenvalue weighted by Crippen LogP contribution is 2.38. The first-order valence-corrected chi connectivity index (χ1v) is 7.07. The topological polar surface area (TPSA) is 46.6 Å². The second-order valence-electron chi connectivity index (χ2n) is 6.14. The fraction of sp³-hybridized carbons (Fsp3) is 0.733. The molecule has 0 aromatic carbocycles. The summed E-state index contributed by atoms with van der Waals surface area (Å²) < 4.78 is 5.36. The number of hydrogen-bond donors (Lipinski definition) is 0. The third kappa shape index (κ3) is 3.06. The van der Waals surface area contributed by atoms with Gasteiger partial charge in [-0.3, -0.25) is 9.59 Å². The molecule has 106 valence electrons. The van der Waals surface area contributed by atoms with Gasteiger partial charge in [0.1, 0.15) is 0 Å². The monoisotopic (exact) mass is 265 g/mol. The van der Waals surface area contributed by atoms with Gasteiger partial charge in [0.15, 0.2) is 11.6 Å². The highest BCUT2D eigenvalue weighted by Gasteiger charge is 2.37. The summed E-state index contributed by atoms with van der Waals surface area (Å²) in [5, 5.41) is 0. The Hall–Kier alpha value is -1.16. The molecule has 0 bridgehead atoms. The van der Waals surface area contributed by atoms with E-state index in [4.69, 9.17) is 4.74 Å². The van der Waals surface area contributed by atoms with Gasteiger partial charge in [0, 0.05) is 31.6 Å². The Balaban J connectivity index is 2.38. The van der Waals surface area contributed by atoms with Gasteiger partial charge < -0.3 is 9.64 Å². The molecule has 0 amide bonds. The first kappa shape index (κ1) is 14.3. The summed E-state index contributed by atoms with van der Waals surface area (Å²) in [7, 11) is 0. The smallest absolute Gasteiger partial charge is 0.168 e. The fourth-order valence-electron chi connectivity index (χ4n) is 2.88. The van der Waals surface area contributed by atoms with Crippen molar-refractivity contribution in [2.45, 2.75) is 40.0 Å². The molecule has 0 saturated carbocycles. The van der Waals surface area contributed by atoms with Crippen molar-refractivity contribution in [2.75, 3.05) is 26.3 Å². The van der Waals surface area contributed by atoms with Crippen molar-refractivity contribution in [2.24, 2.45) is 5.41 Å². The van der Waals surface area contributed by atoms with Crippen molar-refractivity contribution in [3.05, 3.63) is 11.3 Å². The molecule has 2 aliphatic rings. The van der Waals surface area contributed by atoms with E-state index >= 15 is 0 Å². The number of ether oxygens (including phenoxy) is 1. The second-order valence-corrected chi connectivity index (χ2v) is 6.14. The minimum Gasteiger partial charge on any atom is -0.378 e. The van der Waals surface area contributed by atoms with Crippen LogP contribution in [-0.2, 0) is 14.3 Å². The molecule has 4 nitrogen and oxygen atoms in total. The van der Waals surface area contributed by atoms with Gasteiger partial charge in [-0.2, -0.15) is 0 Å². The Morgan fingerprint density at radius 3 is 2.47 bits per heavy atom. The zero-order valence-electron chi connectivity index (χ0n) is 12.1. The third-order valence-corrected chi connectivity index (χ3v) is 3.85. The summed E-state index contributed by atoms with van der Waals surface area (Å²) in [5.41, 5.74) is 1.36. The van der Waals surface area contributed by atoms with E-state index < -0.39 is 0 Å². The van der Waals surface area contributed by atoms with E-state index in [0.29, 0.717) is 31.6 Å². The summed E-state index contributed by atoms with van der Waals surface area (Å²) in [6.45, 7) is 8.91. The van der Waals surface area contributed by atoms with Gasteiger partial charge in [-0.15, -0.1) is 0 Å². The average Bonchev–Trinajstić information content (AvgIpc) is 2.37. The van der Waals surface area contributed by atoms with Gasteiger partial charge in [0.2, 0.25) is 0 Å². The van der Waals surface area contributed by atoms with E-state index in [1.54, 1.807) is 0 Å². The molecule has 0 aromatic heterocycles. The standard InChI is InChI=1S/C15H23NO3/c1-4-12(17)14-11(16-5-7-19-8-6-16)9-15(2,3)10-13(14)18/h4-10H2,1-3H3. The summed E-state index contributed by atoms with van der Waals surface area (Å²) in [6.07, 6.45) is 1.68. The molecule has 0 atom stereocenters. The maximum absolute atomic E-state index is 12.3. The zero-order valence-corrected chi connectivity index (χ0v) is 12.1. The van der Waals surface area contributed by atoms with E-state index in [0.717, 1.165) is 25.2 Å². The number of hydrogen-bond acceptors (Lipinski definition) is 4. The number of morpholine rings is 1. The van der Waals surface area contributed by atoms with Crippen LogP contribution >= 0.6 is 0 Å². The molecule has 1 aliphatic heterocycles. The molecule has 1 aliphatic carbocycles. The lowest BCUT2D eigenvalue weighted by Crippen LogP contribution is -2.41. The number of ketones is 2. The molecule has 0 unspecified atom stereocenters. The summed E-state index contributed by atoms with van der Waals surface area (Å²) in [5.74, 6) is 0.00610. The quantitative estimate of drug-likeness (QED) is 0.732. The summed E-state index contributed by atoms with van der Waals surface area (Å²) >= 11 is 0. The van der Waals surface area contributed by atoms with Crippen LogP contribution in [0.15, 0.2) is 11.3 Å². The minimum atomic E-state index is -0.0533. The largest absolute Gasteiger partial charge is 0.378 e. The molecule has 0 spiro atoms. The molecule has 0 aromatic rings. The molecular weight excluding hydrogens is 242 g/mol. The van der Waals surface area contributed by atoms with Crippen molar-refractivity contribution in [3.63, 3.8) is 0 Å². The van der Waals surface area contributed by atoms with Crippen LogP contribution in [0.2, 0.25) is 0 Å². The number of allylic oxidation sites excluding steroid dienone is 2. The molecule has 0 N–H and O–H groups in total. The van der Waals surface area contributed by atoms with E-state index in [9.17, 15) is 9.59 Å². The predicted octanol–water partition coefficient (Wildman–Crippen LogP) is 1.94. The Kier molecular flexibility index (Phi) is 4.09. The van der Waals surface area contributed by atoms with E-state index in [1.807, 2.05) is 6.92 Å². The van der Waals surface area contributed by atoms with Gasteiger partial charge in [-0.25, -0.2) is 0 Å². The molecule has 1 heterocycles. The molecule has 19 heavy (non-hydrogen) atoms. The van der Waals surface area contributed by atoms with Crippen molar-refractivity contribution < 1.29 is 14.3 Å². The van der Waals surface area contributed by atoms with Crippen molar-refractivity contribution in [1.29, 1.82) is 0 Å². The van der Waals surface area contributed by atoms with Gasteiger partial charge >= 0.3 is 0 Å². The first-order chi connectivity index (χ1) is 8.94. The lowest BCUT2D eigenvalue weighted by molar-refractivity contribution is -0.123. The molecule has 1 fully saturated rings. The minimum absolute atomic E-state index is 0.0120. The second kappa shape index (κ2) is 5.45. The number of nitrogens with zero attached hydrogens (tertiary/aromatic N) is 1. The van der Waals surface area contributed by atoms with Crippen LogP contribution < -0.4 is 0 Å². The number of Topliss-reactive ketones (excluding diaryl/α,β-unsaturated/α-hetero) is 2. The van der Waals surface area contributed by atoms with E-state index in [-0.39, 0.29) is 17.0 Å². The summed E-state index contributed by atoms with van der Waals surface area (Å²) in [6, 6.07) is 0. The van der Waals surface area contributed by atoms with Gasteiger partial charge in [-0.05, 0) is 11.8 Å². The number of rotatable bonds is 3. The normalized spacial score (nSPS) is 23.7. The molecule has 1 saturated heterocycles. The molecule has 0 radical (unpaired) electrons. The highest BCUT2D eigenvalue weighted by molar-refractivity contribution is 6.21. The summed E-state index contributed by atoms with van der Waals surface area (Å²) in [4.78, 5) is 26.6. The maximum atomic E-state index is 12.3. The fourth-order valence-corrected chi connectivity index (χ4v) is 2.88. The average molecular weight is 265 g/mol. The first-order valence-electron chi connectivity index (χ1n) is 7.07. The van der Waals surface area contributed by atoms with Gasteiger partial charge in [0.25, 0.3) is 0 Å².